The number of nitrogens with zero attached hydrogens (tertiary/aromatic N) is 2. The first kappa shape index (κ1) is 14.4. The molecule has 4 nitrogen and oxygen atoms in total. The SMILES string of the molecule is CC(C)(C)n1c(C(F)(F)F)nc2ccc(C(=O)O)cc21. The lowest BCUT2D eigenvalue weighted by Crippen LogP contribution is -2.28. The van der Waals surface area contributed by atoms with E-state index < -0.39 is 23.5 Å². The minimum atomic E-state index is -4.60. The van der Waals surface area contributed by atoms with Crippen LogP contribution in [0.1, 0.15) is 37.0 Å². The molecule has 0 bridgehead atoms. The van der Waals surface area contributed by atoms with Crippen molar-refractivity contribution >= 4 is 17.0 Å². The maximum atomic E-state index is 13.1. The number of fused-ring (bicyclic) bond motifs is 1. The summed E-state index contributed by atoms with van der Waals surface area (Å²) in [6.45, 7) is 4.82. The van der Waals surface area contributed by atoms with Crippen LogP contribution in [0.3, 0.4) is 0 Å². The molecule has 0 unspecified atom stereocenters. The minimum Gasteiger partial charge on any atom is -0.478 e. The fraction of sp³-hybridized carbons (Fsp3) is 0.385. The lowest BCUT2D eigenvalue weighted by Gasteiger charge is -2.25. The zero-order valence-corrected chi connectivity index (χ0v) is 11.1. The van der Waals surface area contributed by atoms with Crippen LogP contribution in [-0.4, -0.2) is 20.6 Å². The number of carboxylic acid groups (broad SMARTS) is 1. The summed E-state index contributed by atoms with van der Waals surface area (Å²) in [5, 5.41) is 8.95. The van der Waals surface area contributed by atoms with Gasteiger partial charge in [0.25, 0.3) is 0 Å². The second-order valence-corrected chi connectivity index (χ2v) is 5.45. The predicted octanol–water partition coefficient (Wildman–Crippen LogP) is 3.51. The fourth-order valence-electron chi connectivity index (χ4n) is 2.08. The van der Waals surface area contributed by atoms with Crippen LogP contribution in [0.25, 0.3) is 11.0 Å². The van der Waals surface area contributed by atoms with Crippen molar-refractivity contribution in [1.82, 2.24) is 9.55 Å². The van der Waals surface area contributed by atoms with E-state index in [9.17, 15) is 18.0 Å². The number of aromatic carboxylic acids is 1. The number of carbonyl (C=O) groups is 1. The van der Waals surface area contributed by atoms with Crippen molar-refractivity contribution in [1.29, 1.82) is 0 Å². The number of alkyl halides is 3. The number of benzene rings is 1. The second-order valence-electron chi connectivity index (χ2n) is 5.45. The van der Waals surface area contributed by atoms with E-state index in [4.69, 9.17) is 5.11 Å². The van der Waals surface area contributed by atoms with Gasteiger partial charge in [-0.3, -0.25) is 0 Å². The van der Waals surface area contributed by atoms with Crippen molar-refractivity contribution in [2.75, 3.05) is 0 Å². The highest BCUT2D eigenvalue weighted by Gasteiger charge is 2.40. The molecule has 108 valence electrons. The van der Waals surface area contributed by atoms with Gasteiger partial charge in [0.15, 0.2) is 0 Å². The average molecular weight is 286 g/mol. The quantitative estimate of drug-likeness (QED) is 0.872. The number of rotatable bonds is 1. The molecule has 0 aliphatic carbocycles. The molecule has 20 heavy (non-hydrogen) atoms. The molecule has 0 fully saturated rings. The molecule has 0 atom stereocenters. The van der Waals surface area contributed by atoms with Crippen molar-refractivity contribution < 1.29 is 23.1 Å². The van der Waals surface area contributed by atoms with Crippen molar-refractivity contribution in [2.45, 2.75) is 32.5 Å². The minimum absolute atomic E-state index is 0.0726. The van der Waals surface area contributed by atoms with Gasteiger partial charge in [0, 0.05) is 5.54 Å². The highest BCUT2D eigenvalue weighted by atomic mass is 19.4. The van der Waals surface area contributed by atoms with E-state index >= 15 is 0 Å². The van der Waals surface area contributed by atoms with E-state index in [-0.39, 0.29) is 16.6 Å². The number of hydrogen-bond acceptors (Lipinski definition) is 2. The fourth-order valence-corrected chi connectivity index (χ4v) is 2.08. The lowest BCUT2D eigenvalue weighted by atomic mass is 10.1. The summed E-state index contributed by atoms with van der Waals surface area (Å²) in [6, 6.07) is 3.74. The van der Waals surface area contributed by atoms with Crippen LogP contribution in [0.2, 0.25) is 0 Å². The van der Waals surface area contributed by atoms with E-state index in [1.165, 1.54) is 18.2 Å². The number of carboxylic acids is 1. The van der Waals surface area contributed by atoms with E-state index in [1.54, 1.807) is 20.8 Å². The summed E-state index contributed by atoms with van der Waals surface area (Å²) < 4.78 is 40.3. The molecule has 0 saturated carbocycles. The van der Waals surface area contributed by atoms with Gasteiger partial charge in [-0.25, -0.2) is 9.78 Å². The Morgan fingerprint density at radius 2 is 1.85 bits per heavy atom. The largest absolute Gasteiger partial charge is 0.478 e. The van der Waals surface area contributed by atoms with E-state index in [1.807, 2.05) is 0 Å². The zero-order valence-electron chi connectivity index (χ0n) is 11.1. The smallest absolute Gasteiger partial charge is 0.449 e. The van der Waals surface area contributed by atoms with Crippen LogP contribution in [0, 0.1) is 0 Å². The highest BCUT2D eigenvalue weighted by Crippen LogP contribution is 2.35. The molecule has 0 aliphatic rings. The zero-order chi connectivity index (χ0) is 15.3. The normalized spacial score (nSPS) is 12.9. The van der Waals surface area contributed by atoms with Crippen LogP contribution in [0.15, 0.2) is 18.2 Å². The Labute approximate surface area is 112 Å². The molecule has 0 amide bonds. The number of aromatic nitrogens is 2. The van der Waals surface area contributed by atoms with Crippen LogP contribution in [-0.2, 0) is 11.7 Å². The predicted molar refractivity (Wildman–Crippen MR) is 66.7 cm³/mol. The maximum absolute atomic E-state index is 13.1. The molecule has 0 radical (unpaired) electrons. The van der Waals surface area contributed by atoms with Crippen LogP contribution >= 0.6 is 0 Å². The van der Waals surface area contributed by atoms with Gasteiger partial charge >= 0.3 is 12.1 Å². The molecule has 0 spiro atoms. The monoisotopic (exact) mass is 286 g/mol. The van der Waals surface area contributed by atoms with Gasteiger partial charge < -0.3 is 9.67 Å². The summed E-state index contributed by atoms with van der Waals surface area (Å²) in [6.07, 6.45) is -4.60. The summed E-state index contributed by atoms with van der Waals surface area (Å²) in [7, 11) is 0. The first-order valence-corrected chi connectivity index (χ1v) is 5.85. The third kappa shape index (κ3) is 2.35. The summed E-state index contributed by atoms with van der Waals surface area (Å²) in [4.78, 5) is 14.6. The molecule has 0 aliphatic heterocycles. The Bertz CT molecular complexity index is 681. The lowest BCUT2D eigenvalue weighted by molar-refractivity contribution is -0.148. The number of imidazole rings is 1. The van der Waals surface area contributed by atoms with Crippen molar-refractivity contribution in [2.24, 2.45) is 0 Å². The van der Waals surface area contributed by atoms with Gasteiger partial charge in [-0.05, 0) is 39.0 Å². The van der Waals surface area contributed by atoms with Crippen LogP contribution < -0.4 is 0 Å². The van der Waals surface area contributed by atoms with Gasteiger partial charge in [0.05, 0.1) is 16.6 Å². The van der Waals surface area contributed by atoms with Crippen molar-refractivity contribution in [3.63, 3.8) is 0 Å². The van der Waals surface area contributed by atoms with Gasteiger partial charge in [-0.2, -0.15) is 13.2 Å². The van der Waals surface area contributed by atoms with Crippen molar-refractivity contribution in [3.8, 4) is 0 Å². The second kappa shape index (κ2) is 4.22. The van der Waals surface area contributed by atoms with Gasteiger partial charge in [0.2, 0.25) is 5.82 Å². The molecule has 1 heterocycles. The molecule has 7 heteroatoms. The molecule has 1 aromatic heterocycles. The molecule has 1 aromatic carbocycles. The van der Waals surface area contributed by atoms with Crippen LogP contribution in [0.4, 0.5) is 13.2 Å². The third-order valence-electron chi connectivity index (χ3n) is 2.83. The Balaban J connectivity index is 2.86. The summed E-state index contributed by atoms with van der Waals surface area (Å²) in [5.41, 5.74) is -0.671. The Morgan fingerprint density at radius 1 is 1.25 bits per heavy atom. The van der Waals surface area contributed by atoms with E-state index in [2.05, 4.69) is 4.98 Å². The summed E-state index contributed by atoms with van der Waals surface area (Å²) >= 11 is 0. The van der Waals surface area contributed by atoms with E-state index in [0.717, 1.165) is 4.57 Å². The number of halogens is 3. The Hall–Kier alpha value is -2.05. The molecular weight excluding hydrogens is 273 g/mol. The topological polar surface area (TPSA) is 55.1 Å². The molecule has 1 N–H and O–H groups in total. The number of hydrogen-bond donors (Lipinski definition) is 1. The Kier molecular flexibility index (Phi) is 3.03. The first-order valence-electron chi connectivity index (χ1n) is 5.85. The van der Waals surface area contributed by atoms with Gasteiger partial charge in [-0.15, -0.1) is 0 Å². The molecule has 0 saturated heterocycles. The van der Waals surface area contributed by atoms with Crippen molar-refractivity contribution in [3.05, 3.63) is 29.6 Å². The Morgan fingerprint density at radius 3 is 2.30 bits per heavy atom. The third-order valence-corrected chi connectivity index (χ3v) is 2.83. The average Bonchev–Trinajstić information content (AvgIpc) is 2.65. The van der Waals surface area contributed by atoms with Crippen LogP contribution in [0.5, 0.6) is 0 Å². The maximum Gasteiger partial charge on any atom is 0.449 e. The highest BCUT2D eigenvalue weighted by molar-refractivity contribution is 5.92. The standard InChI is InChI=1S/C13H13F3N2O2/c1-12(2,3)18-9-6-7(10(19)20)4-5-8(9)17-11(18)13(14,15)16/h4-6H,1-3H3,(H,19,20). The van der Waals surface area contributed by atoms with E-state index in [0.29, 0.717) is 0 Å². The van der Waals surface area contributed by atoms with Gasteiger partial charge in [0.1, 0.15) is 0 Å². The molecular formula is C13H13F3N2O2. The van der Waals surface area contributed by atoms with Gasteiger partial charge in [-0.1, -0.05) is 0 Å². The molecule has 2 aromatic rings. The summed E-state index contributed by atoms with van der Waals surface area (Å²) in [5.74, 6) is -2.22. The molecule has 2 rings (SSSR count). The first-order chi connectivity index (χ1) is 9.01.